The Kier molecular flexibility index (Phi) is 5.51. The molecule has 0 aromatic carbocycles. The maximum atomic E-state index is 12.6. The van der Waals surface area contributed by atoms with E-state index in [1.807, 2.05) is 0 Å². The zero-order valence-electron chi connectivity index (χ0n) is 15.9. The molecule has 3 heterocycles. The summed E-state index contributed by atoms with van der Waals surface area (Å²) in [6.45, 7) is 5.48. The van der Waals surface area contributed by atoms with Crippen LogP contribution in [0.1, 0.15) is 48.6 Å². The van der Waals surface area contributed by atoms with Gasteiger partial charge in [0.1, 0.15) is 11.1 Å². The molecule has 7 heteroatoms. The predicted octanol–water partition coefficient (Wildman–Crippen LogP) is 2.91. The van der Waals surface area contributed by atoms with E-state index < -0.39 is 5.79 Å². The summed E-state index contributed by atoms with van der Waals surface area (Å²) >= 11 is 1.60. The third-order valence-electron chi connectivity index (χ3n) is 6.11. The molecule has 4 rings (SSSR count). The monoisotopic (exact) mass is 389 g/mol. The number of nitrogens with zero attached hydrogens (tertiary/aromatic N) is 2. The molecule has 1 atom stereocenters. The third kappa shape index (κ3) is 3.90. The van der Waals surface area contributed by atoms with Crippen molar-refractivity contribution in [1.82, 2.24) is 4.90 Å². The van der Waals surface area contributed by atoms with Crippen molar-refractivity contribution in [1.29, 1.82) is 5.26 Å². The van der Waals surface area contributed by atoms with Crippen molar-refractivity contribution in [2.24, 2.45) is 5.92 Å². The second-order valence-electron chi connectivity index (χ2n) is 7.77. The molecule has 3 aliphatic rings. The van der Waals surface area contributed by atoms with Crippen LogP contribution in [0.15, 0.2) is 0 Å². The van der Waals surface area contributed by atoms with Crippen molar-refractivity contribution < 1.29 is 14.3 Å². The van der Waals surface area contributed by atoms with Crippen LogP contribution in [-0.4, -0.2) is 49.4 Å². The van der Waals surface area contributed by atoms with Crippen LogP contribution < -0.4 is 5.32 Å². The van der Waals surface area contributed by atoms with Crippen molar-refractivity contribution in [2.45, 2.75) is 51.2 Å². The van der Waals surface area contributed by atoms with Crippen LogP contribution in [0.25, 0.3) is 0 Å². The molecule has 0 bridgehead atoms. The van der Waals surface area contributed by atoms with Gasteiger partial charge < -0.3 is 14.8 Å². The predicted molar refractivity (Wildman–Crippen MR) is 104 cm³/mol. The molecule has 0 unspecified atom stereocenters. The van der Waals surface area contributed by atoms with Crippen molar-refractivity contribution in [3.05, 3.63) is 16.0 Å². The molecule has 1 aromatic heterocycles. The zero-order chi connectivity index (χ0) is 18.9. The van der Waals surface area contributed by atoms with Crippen LogP contribution >= 0.6 is 11.3 Å². The second kappa shape index (κ2) is 7.88. The van der Waals surface area contributed by atoms with E-state index in [1.165, 1.54) is 11.3 Å². The number of likely N-dealkylation sites (tertiary alicyclic amines) is 1. The lowest BCUT2D eigenvalue weighted by Crippen LogP contribution is -2.47. The van der Waals surface area contributed by atoms with E-state index >= 15 is 0 Å². The summed E-state index contributed by atoms with van der Waals surface area (Å²) in [6.07, 6.45) is 5.91. The van der Waals surface area contributed by atoms with Gasteiger partial charge in [-0.2, -0.15) is 5.26 Å². The Morgan fingerprint density at radius 1 is 1.37 bits per heavy atom. The van der Waals surface area contributed by atoms with Crippen LogP contribution in [0.3, 0.4) is 0 Å². The molecule has 1 N–H and O–H groups in total. The average molecular weight is 390 g/mol. The Labute approximate surface area is 164 Å². The summed E-state index contributed by atoms with van der Waals surface area (Å²) in [7, 11) is 0. The minimum absolute atomic E-state index is 0.0404. The van der Waals surface area contributed by atoms with Crippen LogP contribution in [0, 0.1) is 17.2 Å². The second-order valence-corrected chi connectivity index (χ2v) is 8.87. The number of amides is 1. The molecule has 1 spiro atoms. The number of rotatable bonds is 4. The summed E-state index contributed by atoms with van der Waals surface area (Å²) in [4.78, 5) is 16.0. The molecule has 2 saturated heterocycles. The SMILES string of the molecule is CC[C@H]1CCc2c(sc(NC(=O)CN3CCC4(CC3)OCCO4)c2C#N)C1. The topological polar surface area (TPSA) is 74.6 Å². The van der Waals surface area contributed by atoms with Gasteiger partial charge in [0, 0.05) is 30.8 Å². The molecular weight excluding hydrogens is 362 g/mol. The molecule has 146 valence electrons. The van der Waals surface area contributed by atoms with E-state index in [2.05, 4.69) is 23.2 Å². The number of hydrogen-bond acceptors (Lipinski definition) is 6. The van der Waals surface area contributed by atoms with Gasteiger partial charge in [-0.3, -0.25) is 9.69 Å². The Hall–Kier alpha value is -1.46. The van der Waals surface area contributed by atoms with Gasteiger partial charge in [0.15, 0.2) is 5.79 Å². The number of carbonyl (C=O) groups excluding carboxylic acids is 1. The minimum atomic E-state index is -0.413. The number of nitriles is 1. The van der Waals surface area contributed by atoms with Gasteiger partial charge >= 0.3 is 0 Å². The van der Waals surface area contributed by atoms with Crippen LogP contribution in [0.4, 0.5) is 5.00 Å². The fourth-order valence-corrected chi connectivity index (χ4v) is 5.74. The zero-order valence-corrected chi connectivity index (χ0v) is 16.7. The summed E-state index contributed by atoms with van der Waals surface area (Å²) in [6, 6.07) is 2.33. The van der Waals surface area contributed by atoms with Gasteiger partial charge in [0.05, 0.1) is 25.3 Å². The van der Waals surface area contributed by atoms with Crippen molar-refractivity contribution in [3.63, 3.8) is 0 Å². The van der Waals surface area contributed by atoms with Gasteiger partial charge in [0.25, 0.3) is 0 Å². The van der Waals surface area contributed by atoms with E-state index in [9.17, 15) is 10.1 Å². The number of piperidine rings is 1. The molecule has 0 saturated carbocycles. The Balaban J connectivity index is 1.36. The molecule has 0 radical (unpaired) electrons. The van der Waals surface area contributed by atoms with Crippen molar-refractivity contribution in [3.8, 4) is 6.07 Å². The number of nitrogens with one attached hydrogen (secondary N) is 1. The third-order valence-corrected chi connectivity index (χ3v) is 7.28. The van der Waals surface area contributed by atoms with Crippen LogP contribution in [0.2, 0.25) is 0 Å². The van der Waals surface area contributed by atoms with E-state index in [0.717, 1.165) is 55.8 Å². The number of ether oxygens (including phenoxy) is 2. The quantitative estimate of drug-likeness (QED) is 0.857. The van der Waals surface area contributed by atoms with E-state index in [-0.39, 0.29) is 5.91 Å². The van der Waals surface area contributed by atoms with E-state index in [0.29, 0.717) is 31.2 Å². The largest absolute Gasteiger partial charge is 0.347 e. The highest BCUT2D eigenvalue weighted by Crippen LogP contribution is 2.40. The fraction of sp³-hybridized carbons (Fsp3) is 0.700. The standard InChI is InChI=1S/C20H27N3O3S/c1-2-14-3-4-15-16(12-21)19(27-17(15)11-14)22-18(24)13-23-7-5-20(6-8-23)25-9-10-26-20/h14H,2-11,13H2,1H3,(H,22,24)/t14-/m0/s1. The molecule has 2 aliphatic heterocycles. The van der Waals surface area contributed by atoms with E-state index in [4.69, 9.17) is 9.47 Å². The number of hydrogen-bond donors (Lipinski definition) is 1. The van der Waals surface area contributed by atoms with E-state index in [1.54, 1.807) is 11.3 Å². The lowest BCUT2D eigenvalue weighted by molar-refractivity contribution is -0.185. The smallest absolute Gasteiger partial charge is 0.239 e. The molecule has 6 nitrogen and oxygen atoms in total. The molecule has 1 aromatic rings. The Morgan fingerprint density at radius 2 is 2.11 bits per heavy atom. The normalized spacial score (nSPS) is 24.5. The first-order valence-corrected chi connectivity index (χ1v) is 10.8. The number of thiophene rings is 1. The molecule has 27 heavy (non-hydrogen) atoms. The Morgan fingerprint density at radius 3 is 2.78 bits per heavy atom. The first-order chi connectivity index (χ1) is 13.1. The van der Waals surface area contributed by atoms with Gasteiger partial charge in [-0.25, -0.2) is 0 Å². The van der Waals surface area contributed by atoms with Gasteiger partial charge in [-0.1, -0.05) is 13.3 Å². The lowest BCUT2D eigenvalue weighted by Gasteiger charge is -2.37. The first kappa shape index (κ1) is 18.9. The number of anilines is 1. The molecule has 2 fully saturated rings. The average Bonchev–Trinajstić information content (AvgIpc) is 3.27. The van der Waals surface area contributed by atoms with Crippen molar-refractivity contribution in [2.75, 3.05) is 38.2 Å². The molecule has 1 aliphatic carbocycles. The van der Waals surface area contributed by atoms with Crippen LogP contribution in [0.5, 0.6) is 0 Å². The highest BCUT2D eigenvalue weighted by Gasteiger charge is 2.40. The Bertz CT molecular complexity index is 738. The number of fused-ring (bicyclic) bond motifs is 1. The lowest BCUT2D eigenvalue weighted by atomic mass is 9.86. The van der Waals surface area contributed by atoms with Gasteiger partial charge in [-0.15, -0.1) is 11.3 Å². The first-order valence-electron chi connectivity index (χ1n) is 9.97. The maximum Gasteiger partial charge on any atom is 0.239 e. The minimum Gasteiger partial charge on any atom is -0.347 e. The van der Waals surface area contributed by atoms with Crippen molar-refractivity contribution >= 4 is 22.2 Å². The summed E-state index contributed by atoms with van der Waals surface area (Å²) in [5, 5.41) is 13.4. The van der Waals surface area contributed by atoms with Gasteiger partial charge in [0.2, 0.25) is 5.91 Å². The summed E-state index contributed by atoms with van der Waals surface area (Å²) in [5.74, 6) is 0.247. The molecular formula is C20H27N3O3S. The number of carbonyl (C=O) groups is 1. The van der Waals surface area contributed by atoms with Crippen LogP contribution in [-0.2, 0) is 27.1 Å². The summed E-state index contributed by atoms with van der Waals surface area (Å²) < 4.78 is 11.5. The molecule has 1 amide bonds. The maximum absolute atomic E-state index is 12.6. The van der Waals surface area contributed by atoms with Gasteiger partial charge in [-0.05, 0) is 30.7 Å². The summed E-state index contributed by atoms with van der Waals surface area (Å²) in [5.41, 5.74) is 1.85. The fourth-order valence-electron chi connectivity index (χ4n) is 4.42. The highest BCUT2D eigenvalue weighted by molar-refractivity contribution is 7.16. The highest BCUT2D eigenvalue weighted by atomic mass is 32.1.